The SMILES string of the molecule is O=C(CSc1nnc(C2CC2)n1Cc1ccccc1)NC(=O)NC12CC3CC(CC(C3)C1)C2. The fourth-order valence-electron chi connectivity index (χ4n) is 6.79. The Morgan fingerprint density at radius 1 is 1.00 bits per heavy atom. The zero-order chi connectivity index (χ0) is 22.4. The highest BCUT2D eigenvalue weighted by Gasteiger charge is 2.51. The molecule has 5 saturated carbocycles. The number of carbonyl (C=O) groups is 2. The molecule has 5 aliphatic rings. The third-order valence-electron chi connectivity index (χ3n) is 7.87. The Hall–Kier alpha value is -2.35. The van der Waals surface area contributed by atoms with Crippen molar-refractivity contribution in [2.24, 2.45) is 17.8 Å². The number of thioether (sulfide) groups is 1. The van der Waals surface area contributed by atoms with Gasteiger partial charge in [0.2, 0.25) is 5.91 Å². The van der Waals surface area contributed by atoms with Crippen LogP contribution in [0.2, 0.25) is 0 Å². The molecule has 2 aromatic rings. The van der Waals surface area contributed by atoms with Gasteiger partial charge in [0, 0.05) is 11.5 Å². The first kappa shape index (κ1) is 21.2. The van der Waals surface area contributed by atoms with E-state index in [1.54, 1.807) is 0 Å². The number of rotatable bonds is 7. The first-order valence-electron chi connectivity index (χ1n) is 12.3. The molecule has 174 valence electrons. The number of carbonyl (C=O) groups excluding carboxylic acids is 2. The molecule has 7 nitrogen and oxygen atoms in total. The van der Waals surface area contributed by atoms with E-state index in [-0.39, 0.29) is 23.2 Å². The van der Waals surface area contributed by atoms with Crippen molar-refractivity contribution in [1.29, 1.82) is 0 Å². The highest BCUT2D eigenvalue weighted by molar-refractivity contribution is 7.99. The highest BCUT2D eigenvalue weighted by atomic mass is 32.2. The van der Waals surface area contributed by atoms with Crippen LogP contribution in [0, 0.1) is 17.8 Å². The van der Waals surface area contributed by atoms with Crippen molar-refractivity contribution in [3.8, 4) is 0 Å². The fraction of sp³-hybridized carbons (Fsp3) is 0.600. The number of hydrogen-bond donors (Lipinski definition) is 2. The Morgan fingerprint density at radius 2 is 1.67 bits per heavy atom. The standard InChI is InChI=1S/C25H31N5O2S/c31-21(26-23(32)27-25-11-17-8-18(12-25)10-19(9-17)13-25)15-33-24-29-28-22(20-6-7-20)30(24)14-16-4-2-1-3-5-16/h1-5,17-20H,6-15H2,(H2,26,27,31,32). The number of nitrogens with one attached hydrogen (secondary N) is 2. The lowest BCUT2D eigenvalue weighted by atomic mass is 9.53. The molecule has 1 heterocycles. The van der Waals surface area contributed by atoms with Crippen LogP contribution in [-0.4, -0.2) is 38.0 Å². The second-order valence-corrected chi connectivity index (χ2v) is 11.6. The van der Waals surface area contributed by atoms with Crippen molar-refractivity contribution in [1.82, 2.24) is 25.4 Å². The molecule has 5 fully saturated rings. The summed E-state index contributed by atoms with van der Waals surface area (Å²) in [6, 6.07) is 9.90. The van der Waals surface area contributed by atoms with Crippen molar-refractivity contribution in [2.45, 2.75) is 74.5 Å². The topological polar surface area (TPSA) is 88.9 Å². The number of benzene rings is 1. The van der Waals surface area contributed by atoms with Crippen molar-refractivity contribution < 1.29 is 9.59 Å². The minimum absolute atomic E-state index is 0.0960. The molecule has 0 radical (unpaired) electrons. The van der Waals surface area contributed by atoms with E-state index in [0.717, 1.165) is 60.8 Å². The lowest BCUT2D eigenvalue weighted by molar-refractivity contribution is -0.117. The quantitative estimate of drug-likeness (QED) is 0.601. The molecule has 0 spiro atoms. The number of urea groups is 1. The molecule has 8 heteroatoms. The van der Waals surface area contributed by atoms with Crippen LogP contribution in [0.4, 0.5) is 4.79 Å². The Balaban J connectivity index is 1.06. The van der Waals surface area contributed by atoms with E-state index >= 15 is 0 Å². The average molecular weight is 466 g/mol. The zero-order valence-corrected chi connectivity index (χ0v) is 19.7. The molecule has 1 aromatic carbocycles. The number of hydrogen-bond acceptors (Lipinski definition) is 5. The molecule has 1 aromatic heterocycles. The van der Waals surface area contributed by atoms with Crippen LogP contribution in [0.25, 0.3) is 0 Å². The summed E-state index contributed by atoms with van der Waals surface area (Å²) in [5, 5.41) is 15.3. The van der Waals surface area contributed by atoms with E-state index in [4.69, 9.17) is 0 Å². The van der Waals surface area contributed by atoms with E-state index in [1.165, 1.54) is 36.6 Å². The van der Waals surface area contributed by atoms with Gasteiger partial charge in [-0.25, -0.2) is 4.79 Å². The monoisotopic (exact) mass is 465 g/mol. The third kappa shape index (κ3) is 4.54. The highest BCUT2D eigenvalue weighted by Crippen LogP contribution is 2.55. The second kappa shape index (κ2) is 8.46. The minimum atomic E-state index is -0.341. The van der Waals surface area contributed by atoms with Crippen LogP contribution in [0.15, 0.2) is 35.5 Å². The van der Waals surface area contributed by atoms with Gasteiger partial charge in [-0.3, -0.25) is 10.1 Å². The summed E-state index contributed by atoms with van der Waals surface area (Å²) < 4.78 is 2.13. The molecule has 0 atom stereocenters. The van der Waals surface area contributed by atoms with E-state index < -0.39 is 0 Å². The molecular weight excluding hydrogens is 434 g/mol. The van der Waals surface area contributed by atoms with Crippen LogP contribution in [0.1, 0.15) is 68.7 Å². The maximum Gasteiger partial charge on any atom is 0.321 e. The molecule has 5 aliphatic carbocycles. The molecule has 33 heavy (non-hydrogen) atoms. The minimum Gasteiger partial charge on any atom is -0.332 e. The molecule has 3 amide bonds. The normalized spacial score (nSPS) is 29.8. The van der Waals surface area contributed by atoms with Gasteiger partial charge in [-0.2, -0.15) is 0 Å². The molecule has 0 saturated heterocycles. The van der Waals surface area contributed by atoms with E-state index in [0.29, 0.717) is 12.5 Å². The fourth-order valence-corrected chi connectivity index (χ4v) is 7.54. The molecule has 4 bridgehead atoms. The van der Waals surface area contributed by atoms with Gasteiger partial charge in [0.15, 0.2) is 5.16 Å². The number of imide groups is 1. The summed E-state index contributed by atoms with van der Waals surface area (Å²) in [5.41, 5.74) is 1.09. The summed E-state index contributed by atoms with van der Waals surface area (Å²) in [6.07, 6.45) is 9.47. The van der Waals surface area contributed by atoms with Gasteiger partial charge in [0.05, 0.1) is 12.3 Å². The summed E-state index contributed by atoms with van der Waals surface area (Å²) >= 11 is 1.35. The second-order valence-electron chi connectivity index (χ2n) is 10.7. The van der Waals surface area contributed by atoms with Gasteiger partial charge in [-0.1, -0.05) is 42.1 Å². The van der Waals surface area contributed by atoms with Gasteiger partial charge in [-0.05, 0) is 74.7 Å². The van der Waals surface area contributed by atoms with Gasteiger partial charge < -0.3 is 9.88 Å². The molecule has 7 rings (SSSR count). The largest absolute Gasteiger partial charge is 0.332 e. The maximum absolute atomic E-state index is 12.7. The Labute approximate surface area is 198 Å². The van der Waals surface area contributed by atoms with Crippen molar-refractivity contribution in [3.05, 3.63) is 41.7 Å². The van der Waals surface area contributed by atoms with E-state index in [1.807, 2.05) is 18.2 Å². The number of aromatic nitrogens is 3. The van der Waals surface area contributed by atoms with Gasteiger partial charge in [-0.15, -0.1) is 10.2 Å². The van der Waals surface area contributed by atoms with Crippen LogP contribution in [0.5, 0.6) is 0 Å². The Morgan fingerprint density at radius 3 is 2.30 bits per heavy atom. The molecule has 0 unspecified atom stereocenters. The van der Waals surface area contributed by atoms with Crippen LogP contribution >= 0.6 is 11.8 Å². The van der Waals surface area contributed by atoms with Gasteiger partial charge >= 0.3 is 6.03 Å². The summed E-state index contributed by atoms with van der Waals surface area (Å²) in [7, 11) is 0. The van der Waals surface area contributed by atoms with Crippen molar-refractivity contribution in [2.75, 3.05) is 5.75 Å². The average Bonchev–Trinajstić information content (AvgIpc) is 3.53. The predicted molar refractivity (Wildman–Crippen MR) is 126 cm³/mol. The molecule has 0 aliphatic heterocycles. The smallest absolute Gasteiger partial charge is 0.321 e. The first-order chi connectivity index (χ1) is 16.1. The lowest BCUT2D eigenvalue weighted by Gasteiger charge is -2.56. The molecular formula is C25H31N5O2S. The van der Waals surface area contributed by atoms with Crippen LogP contribution < -0.4 is 10.6 Å². The number of amides is 3. The third-order valence-corrected chi connectivity index (χ3v) is 8.84. The molecule has 2 N–H and O–H groups in total. The summed E-state index contributed by atoms with van der Waals surface area (Å²) in [4.78, 5) is 25.3. The lowest BCUT2D eigenvalue weighted by Crippen LogP contribution is -2.61. The van der Waals surface area contributed by atoms with Crippen molar-refractivity contribution in [3.63, 3.8) is 0 Å². The van der Waals surface area contributed by atoms with Gasteiger partial charge in [0.1, 0.15) is 5.82 Å². The number of nitrogens with zero attached hydrogens (tertiary/aromatic N) is 3. The first-order valence-corrected chi connectivity index (χ1v) is 13.3. The Kier molecular flexibility index (Phi) is 5.43. The predicted octanol–water partition coefficient (Wildman–Crippen LogP) is 4.09. The van der Waals surface area contributed by atoms with E-state index in [9.17, 15) is 9.59 Å². The van der Waals surface area contributed by atoms with Crippen molar-refractivity contribution >= 4 is 23.7 Å². The zero-order valence-electron chi connectivity index (χ0n) is 18.8. The van der Waals surface area contributed by atoms with Crippen LogP contribution in [-0.2, 0) is 11.3 Å². The maximum atomic E-state index is 12.7. The Bertz CT molecular complexity index is 1010. The summed E-state index contributed by atoms with van der Waals surface area (Å²) in [6.45, 7) is 0.691. The van der Waals surface area contributed by atoms with Gasteiger partial charge in [0.25, 0.3) is 0 Å². The van der Waals surface area contributed by atoms with E-state index in [2.05, 4.69) is 37.5 Å². The summed E-state index contributed by atoms with van der Waals surface area (Å²) in [5.74, 6) is 3.57. The van der Waals surface area contributed by atoms with Crippen LogP contribution in [0.3, 0.4) is 0 Å².